The quantitative estimate of drug-likeness (QED) is 0.629. The third kappa shape index (κ3) is 3.54. The number of para-hydroxylation sites is 1. The fourth-order valence-corrected chi connectivity index (χ4v) is 2.67. The van der Waals surface area contributed by atoms with Gasteiger partial charge in [-0.05, 0) is 18.6 Å². The number of aliphatic carboxylic acids is 1. The average molecular weight is 313 g/mol. The second-order valence-electron chi connectivity index (χ2n) is 4.51. The largest absolute Gasteiger partial charge is 0.870 e. The summed E-state index contributed by atoms with van der Waals surface area (Å²) < 4.78 is 32.8. The number of aryl methyl sites for hydroxylation is 1. The van der Waals surface area contributed by atoms with Gasteiger partial charge < -0.3 is 10.6 Å². The molecule has 0 amide bonds. The summed E-state index contributed by atoms with van der Waals surface area (Å²) in [6.45, 7) is 1.55. The van der Waals surface area contributed by atoms with Gasteiger partial charge in [0, 0.05) is 17.5 Å². The first-order valence-electron chi connectivity index (χ1n) is 5.87. The van der Waals surface area contributed by atoms with Crippen molar-refractivity contribution in [2.24, 2.45) is 0 Å². The van der Waals surface area contributed by atoms with Gasteiger partial charge in [-0.2, -0.15) is 13.0 Å². The molecule has 0 bridgehead atoms. The second-order valence-corrected chi connectivity index (χ2v) is 6.11. The normalized spacial score (nSPS) is 12.7. The number of nitrogens with zero attached hydrogens (tertiary/aromatic N) is 1. The summed E-state index contributed by atoms with van der Waals surface area (Å²) in [4.78, 5) is 11.0. The molecular formula is C13H15NO6S. The average Bonchev–Trinajstić information content (AvgIpc) is 2.36. The zero-order valence-electron chi connectivity index (χ0n) is 11.2. The zero-order valence-corrected chi connectivity index (χ0v) is 12.0. The molecule has 7 nitrogen and oxygen atoms in total. The lowest BCUT2D eigenvalue weighted by Crippen LogP contribution is -2.46. The van der Waals surface area contributed by atoms with E-state index in [0.29, 0.717) is 5.52 Å². The number of benzene rings is 1. The summed E-state index contributed by atoms with van der Waals surface area (Å²) in [5.41, 5.74) is 1.71. The minimum absolute atomic E-state index is 0. The van der Waals surface area contributed by atoms with Gasteiger partial charge in [0.15, 0.2) is 12.7 Å². The van der Waals surface area contributed by atoms with Crippen LogP contribution in [0.3, 0.4) is 0 Å². The number of aromatic nitrogens is 1. The van der Waals surface area contributed by atoms with Crippen molar-refractivity contribution in [2.45, 2.75) is 18.7 Å². The van der Waals surface area contributed by atoms with Crippen LogP contribution in [-0.4, -0.2) is 34.8 Å². The van der Waals surface area contributed by atoms with Gasteiger partial charge in [-0.1, -0.05) is 12.1 Å². The Morgan fingerprint density at radius 3 is 2.48 bits per heavy atom. The lowest BCUT2D eigenvalue weighted by atomic mass is 10.1. The molecule has 0 spiro atoms. The second kappa shape index (κ2) is 6.17. The van der Waals surface area contributed by atoms with Crippen molar-refractivity contribution in [1.29, 1.82) is 0 Å². The fourth-order valence-electron chi connectivity index (χ4n) is 2.07. The monoisotopic (exact) mass is 313 g/mol. The van der Waals surface area contributed by atoms with Crippen molar-refractivity contribution in [3.8, 4) is 0 Å². The van der Waals surface area contributed by atoms with Crippen LogP contribution >= 0.6 is 0 Å². The Bertz CT molecular complexity index is 771. The van der Waals surface area contributed by atoms with Crippen LogP contribution in [0.4, 0.5) is 0 Å². The molecule has 2 rings (SSSR count). The Morgan fingerprint density at radius 2 is 1.90 bits per heavy atom. The fraction of sp³-hybridized carbons (Fsp3) is 0.231. The van der Waals surface area contributed by atoms with Crippen LogP contribution in [0, 0.1) is 6.92 Å². The van der Waals surface area contributed by atoms with Gasteiger partial charge in [0.1, 0.15) is 0 Å². The SMILES string of the molecule is Cc1cc[n+](CC(C(=O)O)S(=O)(=O)O)c2ccccc12.[OH-]. The first-order chi connectivity index (χ1) is 9.30. The number of carbonyl (C=O) groups is 1. The highest BCUT2D eigenvalue weighted by molar-refractivity contribution is 7.87. The van der Waals surface area contributed by atoms with Crippen LogP contribution in [0.1, 0.15) is 5.56 Å². The molecule has 0 aliphatic carbocycles. The molecule has 3 N–H and O–H groups in total. The molecule has 1 aromatic carbocycles. The van der Waals surface area contributed by atoms with Gasteiger partial charge in [0.05, 0.1) is 0 Å². The maximum absolute atomic E-state index is 11.1. The number of carboxylic acids is 1. The van der Waals surface area contributed by atoms with Gasteiger partial charge >= 0.3 is 5.97 Å². The molecule has 0 saturated carbocycles. The van der Waals surface area contributed by atoms with Crippen LogP contribution in [0.5, 0.6) is 0 Å². The summed E-state index contributed by atoms with van der Waals surface area (Å²) in [6.07, 6.45) is 1.61. The van der Waals surface area contributed by atoms with E-state index in [-0.39, 0.29) is 12.0 Å². The minimum Gasteiger partial charge on any atom is -0.870 e. The van der Waals surface area contributed by atoms with E-state index in [2.05, 4.69) is 0 Å². The Labute approximate surface area is 121 Å². The molecular weight excluding hydrogens is 298 g/mol. The molecule has 1 aromatic heterocycles. The standard InChI is InChI=1S/C13H13NO5S.H2O/c1-9-6-7-14(11-5-3-2-4-10(9)11)8-12(13(15)16)20(17,18)19;/h2-7,12H,8H2,1H3,(H-,15,16,17,18,19);1H2. The van der Waals surface area contributed by atoms with Crippen LogP contribution in [0.15, 0.2) is 36.5 Å². The molecule has 1 unspecified atom stereocenters. The summed E-state index contributed by atoms with van der Waals surface area (Å²) in [5.74, 6) is -1.58. The maximum Gasteiger partial charge on any atom is 0.331 e. The highest BCUT2D eigenvalue weighted by Gasteiger charge is 2.35. The Balaban J connectivity index is 0.00000220. The molecule has 2 aromatic rings. The third-order valence-corrected chi connectivity index (χ3v) is 4.21. The van der Waals surface area contributed by atoms with E-state index in [1.54, 1.807) is 24.4 Å². The highest BCUT2D eigenvalue weighted by atomic mass is 32.2. The van der Waals surface area contributed by atoms with Crippen molar-refractivity contribution < 1.29 is 32.9 Å². The number of fused-ring (bicyclic) bond motifs is 1. The highest BCUT2D eigenvalue weighted by Crippen LogP contribution is 2.14. The van der Waals surface area contributed by atoms with Crippen molar-refractivity contribution in [3.05, 3.63) is 42.1 Å². The molecule has 0 aliphatic heterocycles. The van der Waals surface area contributed by atoms with Crippen LogP contribution in [0.2, 0.25) is 0 Å². The van der Waals surface area contributed by atoms with E-state index < -0.39 is 21.3 Å². The van der Waals surface area contributed by atoms with Crippen LogP contribution < -0.4 is 4.57 Å². The van der Waals surface area contributed by atoms with Gasteiger partial charge in [-0.15, -0.1) is 0 Å². The van der Waals surface area contributed by atoms with Gasteiger partial charge in [0.2, 0.25) is 10.8 Å². The van der Waals surface area contributed by atoms with Crippen LogP contribution in [0.25, 0.3) is 10.9 Å². The number of hydrogen-bond acceptors (Lipinski definition) is 4. The summed E-state index contributed by atoms with van der Waals surface area (Å²) in [7, 11) is -4.66. The number of pyridine rings is 1. The molecule has 0 radical (unpaired) electrons. The summed E-state index contributed by atoms with van der Waals surface area (Å²) >= 11 is 0. The predicted molar refractivity (Wildman–Crippen MR) is 73.8 cm³/mol. The summed E-state index contributed by atoms with van der Waals surface area (Å²) in [5, 5.41) is 7.95. The van der Waals surface area contributed by atoms with E-state index in [0.717, 1.165) is 10.9 Å². The van der Waals surface area contributed by atoms with E-state index in [4.69, 9.17) is 9.66 Å². The van der Waals surface area contributed by atoms with Crippen molar-refractivity contribution in [2.75, 3.05) is 0 Å². The van der Waals surface area contributed by atoms with E-state index in [9.17, 15) is 13.2 Å². The van der Waals surface area contributed by atoms with Crippen molar-refractivity contribution >= 4 is 27.0 Å². The molecule has 114 valence electrons. The molecule has 0 fully saturated rings. The molecule has 1 heterocycles. The first-order valence-corrected chi connectivity index (χ1v) is 7.38. The molecule has 0 aliphatic rings. The predicted octanol–water partition coefficient (Wildman–Crippen LogP) is 0.600. The van der Waals surface area contributed by atoms with Gasteiger partial charge in [-0.25, -0.2) is 0 Å². The van der Waals surface area contributed by atoms with Crippen molar-refractivity contribution in [3.63, 3.8) is 0 Å². The van der Waals surface area contributed by atoms with Crippen LogP contribution in [-0.2, 0) is 21.5 Å². The molecule has 1 atom stereocenters. The zero-order chi connectivity index (χ0) is 14.9. The Morgan fingerprint density at radius 1 is 1.29 bits per heavy atom. The topological polar surface area (TPSA) is 126 Å². The van der Waals surface area contributed by atoms with E-state index in [1.165, 1.54) is 4.57 Å². The Kier molecular flexibility index (Phi) is 5.00. The smallest absolute Gasteiger partial charge is 0.331 e. The molecule has 0 saturated heterocycles. The third-order valence-electron chi connectivity index (χ3n) is 3.14. The lowest BCUT2D eigenvalue weighted by Gasteiger charge is -2.08. The van der Waals surface area contributed by atoms with Crippen molar-refractivity contribution in [1.82, 2.24) is 0 Å². The van der Waals surface area contributed by atoms with Gasteiger partial charge in [-0.3, -0.25) is 9.35 Å². The maximum atomic E-state index is 11.1. The molecule has 21 heavy (non-hydrogen) atoms. The minimum atomic E-state index is -4.66. The summed E-state index contributed by atoms with van der Waals surface area (Å²) in [6, 6.07) is 9.03. The number of rotatable bonds is 4. The van der Waals surface area contributed by atoms with Gasteiger partial charge in [0.25, 0.3) is 10.1 Å². The molecule has 8 heteroatoms. The first kappa shape index (κ1) is 17.0. The van der Waals surface area contributed by atoms with E-state index >= 15 is 0 Å². The van der Waals surface area contributed by atoms with E-state index in [1.807, 2.05) is 19.1 Å². The Hall–Kier alpha value is -2.03. The number of carboxylic acid groups (broad SMARTS) is 1. The lowest BCUT2D eigenvalue weighted by molar-refractivity contribution is -0.669. The number of hydrogen-bond donors (Lipinski definition) is 2.